The fourth-order valence-corrected chi connectivity index (χ4v) is 2.55. The number of hydrogen-bond donors (Lipinski definition) is 0. The van der Waals surface area contributed by atoms with E-state index in [1.165, 1.54) is 7.11 Å². The lowest BCUT2D eigenvalue weighted by Gasteiger charge is -2.12. The highest BCUT2D eigenvalue weighted by molar-refractivity contribution is 5.96. The van der Waals surface area contributed by atoms with Gasteiger partial charge in [0, 0.05) is 6.61 Å². The van der Waals surface area contributed by atoms with Crippen LogP contribution in [-0.2, 0) is 9.47 Å². The van der Waals surface area contributed by atoms with Gasteiger partial charge >= 0.3 is 5.97 Å². The summed E-state index contributed by atoms with van der Waals surface area (Å²) in [6.45, 7) is 3.13. The number of methoxy groups -OCH3 is 1. The van der Waals surface area contributed by atoms with Gasteiger partial charge in [0.15, 0.2) is 0 Å². The Labute approximate surface area is 122 Å². The van der Waals surface area contributed by atoms with Crippen molar-refractivity contribution in [2.24, 2.45) is 0 Å². The largest absolute Gasteiger partial charge is 0.490 e. The molecule has 21 heavy (non-hydrogen) atoms. The molecule has 0 amide bonds. The molecule has 1 fully saturated rings. The van der Waals surface area contributed by atoms with Gasteiger partial charge in [0.25, 0.3) is 0 Å². The first-order valence-electron chi connectivity index (χ1n) is 7.04. The zero-order valence-electron chi connectivity index (χ0n) is 12.2. The monoisotopic (exact) mass is 290 g/mol. The predicted molar refractivity (Wildman–Crippen MR) is 76.8 cm³/mol. The van der Waals surface area contributed by atoms with Crippen LogP contribution >= 0.6 is 0 Å². The number of carbonyl (C=O) groups is 1. The lowest BCUT2D eigenvalue weighted by Crippen LogP contribution is -2.16. The Balaban J connectivity index is 1.91. The van der Waals surface area contributed by atoms with Gasteiger partial charge in [-0.15, -0.1) is 0 Å². The Morgan fingerprint density at radius 3 is 2.95 bits per heavy atom. The molecule has 2 heterocycles. The van der Waals surface area contributed by atoms with Crippen LogP contribution in [0.25, 0.3) is 11.0 Å². The molecule has 1 aliphatic rings. The number of hydrogen-bond acceptors (Lipinski definition) is 5. The van der Waals surface area contributed by atoms with Gasteiger partial charge in [0.05, 0.1) is 24.2 Å². The highest BCUT2D eigenvalue weighted by atomic mass is 16.5. The minimum Gasteiger partial charge on any atom is -0.490 e. The van der Waals surface area contributed by atoms with E-state index in [1.54, 1.807) is 12.1 Å². The van der Waals surface area contributed by atoms with Gasteiger partial charge < -0.3 is 18.6 Å². The van der Waals surface area contributed by atoms with Gasteiger partial charge in [-0.3, -0.25) is 0 Å². The number of ether oxygens (including phenoxy) is 3. The predicted octanol–water partition coefficient (Wildman–Crippen LogP) is 3.09. The molecule has 0 radical (unpaired) electrons. The summed E-state index contributed by atoms with van der Waals surface area (Å²) in [7, 11) is 1.35. The van der Waals surface area contributed by atoms with Crippen molar-refractivity contribution < 1.29 is 23.4 Å². The second-order valence-corrected chi connectivity index (χ2v) is 5.18. The Morgan fingerprint density at radius 1 is 1.38 bits per heavy atom. The minimum absolute atomic E-state index is 0.120. The molecule has 0 bridgehead atoms. The standard InChI is InChI=1S/C16H18O5/c1-10-6-13-14(20-9-12-4-3-5-19-12)7-11(16(17)18-2)8-15(13)21-10/h6-8,12H,3-5,9H2,1-2H3/t12-/m0/s1. The van der Waals surface area contributed by atoms with Crippen LogP contribution in [0.5, 0.6) is 5.75 Å². The molecular weight excluding hydrogens is 272 g/mol. The van der Waals surface area contributed by atoms with E-state index in [1.807, 2.05) is 13.0 Å². The van der Waals surface area contributed by atoms with Gasteiger partial charge in [-0.05, 0) is 38.0 Å². The molecule has 0 aliphatic carbocycles. The topological polar surface area (TPSA) is 57.9 Å². The number of furan rings is 1. The zero-order chi connectivity index (χ0) is 14.8. The number of rotatable bonds is 4. The van der Waals surface area contributed by atoms with Crippen LogP contribution in [0.4, 0.5) is 0 Å². The molecule has 0 spiro atoms. The lowest BCUT2D eigenvalue weighted by atomic mass is 10.1. The van der Waals surface area contributed by atoms with Crippen molar-refractivity contribution >= 4 is 16.9 Å². The molecular formula is C16H18O5. The Bertz CT molecular complexity index is 652. The molecule has 1 saturated heterocycles. The van der Waals surface area contributed by atoms with Crippen molar-refractivity contribution in [3.05, 3.63) is 29.5 Å². The first kappa shape index (κ1) is 13.9. The van der Waals surface area contributed by atoms with E-state index in [-0.39, 0.29) is 6.10 Å². The van der Waals surface area contributed by atoms with E-state index in [0.29, 0.717) is 23.5 Å². The Hall–Kier alpha value is -2.01. The Kier molecular flexibility index (Phi) is 3.84. The molecule has 1 aromatic heterocycles. The smallest absolute Gasteiger partial charge is 0.338 e. The zero-order valence-corrected chi connectivity index (χ0v) is 12.2. The molecule has 1 aliphatic heterocycles. The number of benzene rings is 1. The van der Waals surface area contributed by atoms with Crippen LogP contribution in [0.1, 0.15) is 29.0 Å². The summed E-state index contributed by atoms with van der Waals surface area (Å²) in [5, 5.41) is 0.859. The Morgan fingerprint density at radius 2 is 2.24 bits per heavy atom. The summed E-state index contributed by atoms with van der Waals surface area (Å²) in [4.78, 5) is 11.7. The van der Waals surface area contributed by atoms with Gasteiger partial charge in [0.1, 0.15) is 23.7 Å². The maximum Gasteiger partial charge on any atom is 0.338 e. The molecule has 5 heteroatoms. The van der Waals surface area contributed by atoms with E-state index < -0.39 is 5.97 Å². The van der Waals surface area contributed by atoms with E-state index in [0.717, 1.165) is 30.6 Å². The van der Waals surface area contributed by atoms with Gasteiger partial charge in [-0.1, -0.05) is 0 Å². The first-order valence-corrected chi connectivity index (χ1v) is 7.04. The third kappa shape index (κ3) is 2.88. The van der Waals surface area contributed by atoms with Crippen molar-refractivity contribution in [2.45, 2.75) is 25.9 Å². The second-order valence-electron chi connectivity index (χ2n) is 5.18. The molecule has 0 N–H and O–H groups in total. The summed E-state index contributed by atoms with van der Waals surface area (Å²) in [6.07, 6.45) is 2.19. The SMILES string of the molecule is COC(=O)c1cc(OC[C@@H]2CCCO2)c2cc(C)oc2c1. The summed E-state index contributed by atoms with van der Waals surface area (Å²) < 4.78 is 21.8. The van der Waals surface area contributed by atoms with Crippen LogP contribution in [-0.4, -0.2) is 32.4 Å². The number of aryl methyl sites for hydroxylation is 1. The van der Waals surface area contributed by atoms with Crippen molar-refractivity contribution in [1.82, 2.24) is 0 Å². The highest BCUT2D eigenvalue weighted by Gasteiger charge is 2.19. The molecule has 1 aromatic carbocycles. The molecule has 1 atom stereocenters. The van der Waals surface area contributed by atoms with Crippen molar-refractivity contribution in [3.8, 4) is 5.75 Å². The van der Waals surface area contributed by atoms with Crippen LogP contribution in [0.2, 0.25) is 0 Å². The maximum absolute atomic E-state index is 11.7. The summed E-state index contributed by atoms with van der Waals surface area (Å²) in [5.41, 5.74) is 1.04. The van der Waals surface area contributed by atoms with Crippen LogP contribution in [0, 0.1) is 6.92 Å². The number of esters is 1. The minimum atomic E-state index is -0.409. The summed E-state index contributed by atoms with van der Waals surface area (Å²) in [5.74, 6) is 0.988. The van der Waals surface area contributed by atoms with Crippen LogP contribution < -0.4 is 4.74 Å². The van der Waals surface area contributed by atoms with Crippen LogP contribution in [0.3, 0.4) is 0 Å². The van der Waals surface area contributed by atoms with Crippen LogP contribution in [0.15, 0.2) is 22.6 Å². The molecule has 112 valence electrons. The number of carbonyl (C=O) groups excluding carboxylic acids is 1. The molecule has 3 rings (SSSR count). The van der Waals surface area contributed by atoms with Gasteiger partial charge in [-0.25, -0.2) is 4.79 Å². The third-order valence-electron chi connectivity index (χ3n) is 3.59. The van der Waals surface area contributed by atoms with Crippen molar-refractivity contribution in [2.75, 3.05) is 20.3 Å². The molecule has 0 saturated carbocycles. The van der Waals surface area contributed by atoms with Crippen molar-refractivity contribution in [1.29, 1.82) is 0 Å². The molecule has 2 aromatic rings. The van der Waals surface area contributed by atoms with E-state index >= 15 is 0 Å². The first-order chi connectivity index (χ1) is 10.2. The summed E-state index contributed by atoms with van der Waals surface area (Å²) in [6, 6.07) is 5.27. The average Bonchev–Trinajstić information content (AvgIpc) is 3.11. The van der Waals surface area contributed by atoms with E-state index in [4.69, 9.17) is 18.6 Å². The molecule has 5 nitrogen and oxygen atoms in total. The lowest BCUT2D eigenvalue weighted by molar-refractivity contribution is 0.0598. The van der Waals surface area contributed by atoms with Gasteiger partial charge in [-0.2, -0.15) is 0 Å². The van der Waals surface area contributed by atoms with E-state index in [9.17, 15) is 4.79 Å². The quantitative estimate of drug-likeness (QED) is 0.810. The third-order valence-corrected chi connectivity index (χ3v) is 3.59. The number of fused-ring (bicyclic) bond motifs is 1. The normalized spacial score (nSPS) is 18.1. The van der Waals surface area contributed by atoms with E-state index in [2.05, 4.69) is 0 Å². The second kappa shape index (κ2) is 5.77. The fourth-order valence-electron chi connectivity index (χ4n) is 2.55. The van der Waals surface area contributed by atoms with Crippen molar-refractivity contribution in [3.63, 3.8) is 0 Å². The fraction of sp³-hybridized carbons (Fsp3) is 0.438. The molecule has 0 unspecified atom stereocenters. The van der Waals surface area contributed by atoms with Gasteiger partial charge in [0.2, 0.25) is 0 Å². The maximum atomic E-state index is 11.7. The highest BCUT2D eigenvalue weighted by Crippen LogP contribution is 2.31. The summed E-state index contributed by atoms with van der Waals surface area (Å²) >= 11 is 0. The average molecular weight is 290 g/mol.